The third kappa shape index (κ3) is 1.80. The van der Waals surface area contributed by atoms with Gasteiger partial charge in [-0.3, -0.25) is 4.98 Å². The molecule has 1 aromatic heterocycles. The molecule has 0 aliphatic rings. The predicted octanol–water partition coefficient (Wildman–Crippen LogP) is 2.41. The molecule has 0 aliphatic heterocycles. The maximum Gasteiger partial charge on any atom is 0.104 e. The van der Waals surface area contributed by atoms with Gasteiger partial charge in [0.05, 0.1) is 0 Å². The summed E-state index contributed by atoms with van der Waals surface area (Å²) >= 11 is 2.22. The standard InChI is InChI=1S/C8H8IN/c1-2-4-7-5-3-6-10-8(7)9/h2-3,5-6H,1,4H2. The zero-order chi connectivity index (χ0) is 7.40. The molecular weight excluding hydrogens is 237 g/mol. The Bertz CT molecular complexity index is 232. The van der Waals surface area contributed by atoms with Crippen LogP contribution < -0.4 is 0 Å². The predicted molar refractivity (Wildman–Crippen MR) is 50.9 cm³/mol. The van der Waals surface area contributed by atoms with E-state index in [0.717, 1.165) is 10.1 Å². The lowest BCUT2D eigenvalue weighted by molar-refractivity contribution is 1.15. The van der Waals surface area contributed by atoms with Crippen molar-refractivity contribution in [2.45, 2.75) is 6.42 Å². The Morgan fingerprint density at radius 1 is 1.70 bits per heavy atom. The molecule has 0 bridgehead atoms. The summed E-state index contributed by atoms with van der Waals surface area (Å²) in [7, 11) is 0. The fourth-order valence-electron chi connectivity index (χ4n) is 0.727. The minimum absolute atomic E-state index is 0.909. The van der Waals surface area contributed by atoms with Crippen molar-refractivity contribution >= 4 is 22.6 Å². The molecular formula is C8H8IN. The number of pyridine rings is 1. The summed E-state index contributed by atoms with van der Waals surface area (Å²) in [6, 6.07) is 4.01. The van der Waals surface area contributed by atoms with Gasteiger partial charge in [0.1, 0.15) is 3.70 Å². The van der Waals surface area contributed by atoms with E-state index in [1.165, 1.54) is 5.56 Å². The largest absolute Gasteiger partial charge is 0.250 e. The third-order valence-corrected chi connectivity index (χ3v) is 2.17. The van der Waals surface area contributed by atoms with Crippen molar-refractivity contribution in [1.82, 2.24) is 4.98 Å². The first-order chi connectivity index (χ1) is 4.84. The second-order valence-electron chi connectivity index (χ2n) is 1.95. The van der Waals surface area contributed by atoms with Crippen LogP contribution >= 0.6 is 22.6 Å². The Morgan fingerprint density at radius 2 is 2.50 bits per heavy atom. The molecule has 0 saturated carbocycles. The molecule has 0 N–H and O–H groups in total. The van der Waals surface area contributed by atoms with Crippen LogP contribution in [0.25, 0.3) is 0 Å². The SMILES string of the molecule is C=CCc1cccnc1I. The lowest BCUT2D eigenvalue weighted by Crippen LogP contribution is -1.88. The van der Waals surface area contributed by atoms with Gasteiger partial charge in [-0.2, -0.15) is 0 Å². The molecule has 1 nitrogen and oxygen atoms in total. The van der Waals surface area contributed by atoms with Crippen molar-refractivity contribution in [2.24, 2.45) is 0 Å². The number of allylic oxidation sites excluding steroid dienone is 1. The van der Waals surface area contributed by atoms with Crippen molar-refractivity contribution < 1.29 is 0 Å². The molecule has 0 saturated heterocycles. The van der Waals surface area contributed by atoms with Gasteiger partial charge in [0.15, 0.2) is 0 Å². The maximum atomic E-state index is 4.14. The fourth-order valence-corrected chi connectivity index (χ4v) is 1.29. The van der Waals surface area contributed by atoms with Crippen molar-refractivity contribution in [3.8, 4) is 0 Å². The molecule has 0 amide bonds. The van der Waals surface area contributed by atoms with Crippen LogP contribution in [0.4, 0.5) is 0 Å². The molecule has 10 heavy (non-hydrogen) atoms. The zero-order valence-corrected chi connectivity index (χ0v) is 7.71. The van der Waals surface area contributed by atoms with Crippen LogP contribution in [0, 0.1) is 3.70 Å². The first-order valence-corrected chi connectivity index (χ1v) is 4.12. The summed E-state index contributed by atoms with van der Waals surface area (Å²) < 4.78 is 1.07. The summed E-state index contributed by atoms with van der Waals surface area (Å²) in [5.41, 5.74) is 1.25. The molecule has 0 fully saturated rings. The van der Waals surface area contributed by atoms with Gasteiger partial charge in [-0.1, -0.05) is 12.1 Å². The normalized spacial score (nSPS) is 9.30. The van der Waals surface area contributed by atoms with Gasteiger partial charge < -0.3 is 0 Å². The second kappa shape index (κ2) is 3.71. The Morgan fingerprint density at radius 3 is 3.10 bits per heavy atom. The minimum Gasteiger partial charge on any atom is -0.250 e. The van der Waals surface area contributed by atoms with Crippen molar-refractivity contribution in [2.75, 3.05) is 0 Å². The van der Waals surface area contributed by atoms with Crippen LogP contribution in [-0.4, -0.2) is 4.98 Å². The molecule has 2 heteroatoms. The monoisotopic (exact) mass is 245 g/mol. The highest BCUT2D eigenvalue weighted by atomic mass is 127. The van der Waals surface area contributed by atoms with Crippen LogP contribution in [-0.2, 0) is 6.42 Å². The lowest BCUT2D eigenvalue weighted by atomic mass is 10.2. The lowest BCUT2D eigenvalue weighted by Gasteiger charge is -1.96. The number of hydrogen-bond donors (Lipinski definition) is 0. The molecule has 0 unspecified atom stereocenters. The number of aromatic nitrogens is 1. The average molecular weight is 245 g/mol. The summed E-state index contributed by atoms with van der Waals surface area (Å²) in [5.74, 6) is 0. The number of halogens is 1. The van der Waals surface area contributed by atoms with Gasteiger partial charge in [-0.25, -0.2) is 0 Å². The second-order valence-corrected chi connectivity index (χ2v) is 2.97. The minimum atomic E-state index is 0.909. The molecule has 1 heterocycles. The molecule has 0 aromatic carbocycles. The first-order valence-electron chi connectivity index (χ1n) is 3.05. The number of nitrogens with zero attached hydrogens (tertiary/aromatic N) is 1. The third-order valence-electron chi connectivity index (χ3n) is 1.20. The Hall–Kier alpha value is -0.380. The van der Waals surface area contributed by atoms with Crippen molar-refractivity contribution in [1.29, 1.82) is 0 Å². The van der Waals surface area contributed by atoms with Crippen molar-refractivity contribution in [3.05, 3.63) is 40.2 Å². The summed E-state index contributed by atoms with van der Waals surface area (Å²) in [5, 5.41) is 0. The number of hydrogen-bond acceptors (Lipinski definition) is 1. The smallest absolute Gasteiger partial charge is 0.104 e. The Kier molecular flexibility index (Phi) is 2.86. The van der Waals surface area contributed by atoms with E-state index in [1.54, 1.807) is 6.20 Å². The van der Waals surface area contributed by atoms with Gasteiger partial charge in [-0.15, -0.1) is 6.58 Å². The van der Waals surface area contributed by atoms with Gasteiger partial charge in [0.25, 0.3) is 0 Å². The van der Waals surface area contributed by atoms with E-state index in [4.69, 9.17) is 0 Å². The van der Waals surface area contributed by atoms with Crippen LogP contribution in [0.3, 0.4) is 0 Å². The first kappa shape index (κ1) is 7.72. The van der Waals surface area contributed by atoms with E-state index in [-0.39, 0.29) is 0 Å². The summed E-state index contributed by atoms with van der Waals surface area (Å²) in [6.07, 6.45) is 4.60. The van der Waals surface area contributed by atoms with Gasteiger partial charge in [0, 0.05) is 6.20 Å². The van der Waals surface area contributed by atoms with Gasteiger partial charge in [-0.05, 0) is 40.6 Å². The van der Waals surface area contributed by atoms with Crippen LogP contribution in [0.2, 0.25) is 0 Å². The van der Waals surface area contributed by atoms with Crippen LogP contribution in [0.5, 0.6) is 0 Å². The van der Waals surface area contributed by atoms with E-state index in [0.29, 0.717) is 0 Å². The molecule has 0 atom stereocenters. The highest BCUT2D eigenvalue weighted by Gasteiger charge is 1.94. The summed E-state index contributed by atoms with van der Waals surface area (Å²) in [4.78, 5) is 4.14. The molecule has 1 rings (SSSR count). The van der Waals surface area contributed by atoms with Crippen LogP contribution in [0.15, 0.2) is 31.0 Å². The van der Waals surface area contributed by atoms with E-state index in [1.807, 2.05) is 12.1 Å². The molecule has 52 valence electrons. The van der Waals surface area contributed by atoms with E-state index < -0.39 is 0 Å². The summed E-state index contributed by atoms with van der Waals surface area (Å²) in [6.45, 7) is 3.67. The molecule has 0 radical (unpaired) electrons. The Balaban J connectivity index is 2.91. The van der Waals surface area contributed by atoms with Crippen LogP contribution in [0.1, 0.15) is 5.56 Å². The fraction of sp³-hybridized carbons (Fsp3) is 0.125. The quantitative estimate of drug-likeness (QED) is 0.443. The van der Waals surface area contributed by atoms with Gasteiger partial charge in [0.2, 0.25) is 0 Å². The molecule has 0 spiro atoms. The molecule has 1 aromatic rings. The van der Waals surface area contributed by atoms with Crippen molar-refractivity contribution in [3.63, 3.8) is 0 Å². The molecule has 0 aliphatic carbocycles. The zero-order valence-electron chi connectivity index (χ0n) is 5.55. The maximum absolute atomic E-state index is 4.14. The highest BCUT2D eigenvalue weighted by molar-refractivity contribution is 14.1. The van der Waals surface area contributed by atoms with Gasteiger partial charge >= 0.3 is 0 Å². The van der Waals surface area contributed by atoms with E-state index >= 15 is 0 Å². The van der Waals surface area contributed by atoms with E-state index in [2.05, 4.69) is 40.2 Å². The van der Waals surface area contributed by atoms with E-state index in [9.17, 15) is 0 Å². The topological polar surface area (TPSA) is 12.9 Å². The number of rotatable bonds is 2. The average Bonchev–Trinajstić information content (AvgIpc) is 1.94. The highest BCUT2D eigenvalue weighted by Crippen LogP contribution is 2.08. The Labute approximate surface area is 74.3 Å².